The monoisotopic (exact) mass is 274 g/mol. The van der Waals surface area contributed by atoms with E-state index >= 15 is 0 Å². The van der Waals surface area contributed by atoms with Crippen LogP contribution in [-0.2, 0) is 0 Å². The molecule has 1 heterocycles. The average molecular weight is 274 g/mol. The molecule has 0 aromatic heterocycles. The Balaban J connectivity index is 1.59. The highest BCUT2D eigenvalue weighted by molar-refractivity contribution is 5.89. The molecule has 108 valence electrons. The topological polar surface area (TPSA) is 52.6 Å². The van der Waals surface area contributed by atoms with Crippen molar-refractivity contribution in [2.75, 3.05) is 18.4 Å². The molecule has 4 nitrogen and oxygen atoms in total. The van der Waals surface area contributed by atoms with Gasteiger partial charge in [-0.25, -0.2) is 4.79 Å². The van der Waals surface area contributed by atoms with Crippen LogP contribution in [0, 0.1) is 18.8 Å². The predicted molar refractivity (Wildman–Crippen MR) is 78.6 cm³/mol. The van der Waals surface area contributed by atoms with Gasteiger partial charge in [0.05, 0.1) is 5.60 Å². The molecule has 0 bridgehead atoms. The van der Waals surface area contributed by atoms with Crippen LogP contribution in [0.3, 0.4) is 0 Å². The van der Waals surface area contributed by atoms with Crippen molar-refractivity contribution in [3.8, 4) is 0 Å². The molecule has 4 heteroatoms. The zero-order valence-electron chi connectivity index (χ0n) is 12.1. The number of hydrogen-bond acceptors (Lipinski definition) is 2. The van der Waals surface area contributed by atoms with Crippen molar-refractivity contribution >= 4 is 11.7 Å². The van der Waals surface area contributed by atoms with Crippen molar-refractivity contribution in [3.63, 3.8) is 0 Å². The number of benzene rings is 1. The summed E-state index contributed by atoms with van der Waals surface area (Å²) < 4.78 is 0. The molecule has 3 rings (SSSR count). The number of hydrogen-bond donors (Lipinski definition) is 2. The number of amides is 2. The number of urea groups is 1. The van der Waals surface area contributed by atoms with E-state index in [1.807, 2.05) is 43.0 Å². The summed E-state index contributed by atoms with van der Waals surface area (Å²) in [6.07, 6.45) is 1.62. The Bertz CT molecular complexity index is 494. The Labute approximate surface area is 119 Å². The zero-order valence-corrected chi connectivity index (χ0v) is 12.1. The maximum absolute atomic E-state index is 12.2. The molecule has 2 amide bonds. The quantitative estimate of drug-likeness (QED) is 0.827. The molecule has 1 aliphatic heterocycles. The van der Waals surface area contributed by atoms with Crippen LogP contribution in [0.4, 0.5) is 10.5 Å². The smallest absolute Gasteiger partial charge is 0.321 e. The third-order valence-electron chi connectivity index (χ3n) is 4.57. The molecule has 2 N–H and O–H groups in total. The molecule has 0 spiro atoms. The summed E-state index contributed by atoms with van der Waals surface area (Å²) in [7, 11) is 0. The van der Waals surface area contributed by atoms with E-state index in [0.717, 1.165) is 31.6 Å². The summed E-state index contributed by atoms with van der Waals surface area (Å²) in [5, 5.41) is 13.0. The van der Waals surface area contributed by atoms with E-state index in [9.17, 15) is 9.90 Å². The molecule has 1 aliphatic carbocycles. The first-order valence-electron chi connectivity index (χ1n) is 7.28. The molecular formula is C16H22N2O2. The largest absolute Gasteiger partial charge is 0.390 e. The number of fused-ring (bicyclic) bond motifs is 1. The van der Waals surface area contributed by atoms with Gasteiger partial charge in [0.25, 0.3) is 0 Å². The van der Waals surface area contributed by atoms with Crippen molar-refractivity contribution in [2.45, 2.75) is 32.3 Å². The Morgan fingerprint density at radius 1 is 1.25 bits per heavy atom. The van der Waals surface area contributed by atoms with Gasteiger partial charge in [-0.05, 0) is 50.7 Å². The van der Waals surface area contributed by atoms with Gasteiger partial charge in [-0.15, -0.1) is 0 Å². The number of aryl methyl sites for hydroxylation is 1. The number of carbonyl (C=O) groups excluding carboxylic acids is 1. The van der Waals surface area contributed by atoms with E-state index < -0.39 is 5.60 Å². The fourth-order valence-corrected chi connectivity index (χ4v) is 3.62. The second-order valence-corrected chi connectivity index (χ2v) is 6.63. The highest BCUT2D eigenvalue weighted by atomic mass is 16.3. The Morgan fingerprint density at radius 3 is 2.35 bits per heavy atom. The Hall–Kier alpha value is -1.55. The van der Waals surface area contributed by atoms with Crippen LogP contribution < -0.4 is 5.32 Å². The standard InChI is InChI=1S/C16H22N2O2/c1-11-3-5-14(6-4-11)17-15(19)18-9-12-7-16(2,20)8-13(12)10-18/h3-6,12-13,20H,7-10H2,1-2H3,(H,17,19)/t12-,13+,16?. The summed E-state index contributed by atoms with van der Waals surface area (Å²) in [6.45, 7) is 5.46. The second-order valence-electron chi connectivity index (χ2n) is 6.63. The predicted octanol–water partition coefficient (Wildman–Crippen LogP) is 2.62. The van der Waals surface area contributed by atoms with Gasteiger partial charge in [-0.2, -0.15) is 0 Å². The van der Waals surface area contributed by atoms with Gasteiger partial charge in [0.2, 0.25) is 0 Å². The Kier molecular flexibility index (Phi) is 3.21. The minimum absolute atomic E-state index is 0.0251. The molecule has 0 radical (unpaired) electrons. The molecule has 1 unspecified atom stereocenters. The average Bonchev–Trinajstić information content (AvgIpc) is 2.85. The fourth-order valence-electron chi connectivity index (χ4n) is 3.62. The van der Waals surface area contributed by atoms with Crippen LogP contribution in [0.2, 0.25) is 0 Å². The lowest BCUT2D eigenvalue weighted by atomic mass is 10.0. The van der Waals surface area contributed by atoms with Crippen LogP contribution in [0.1, 0.15) is 25.3 Å². The summed E-state index contributed by atoms with van der Waals surface area (Å²) >= 11 is 0. The number of nitrogens with zero attached hydrogens (tertiary/aromatic N) is 1. The van der Waals surface area contributed by atoms with Gasteiger partial charge in [-0.3, -0.25) is 0 Å². The van der Waals surface area contributed by atoms with E-state index in [4.69, 9.17) is 0 Å². The van der Waals surface area contributed by atoms with E-state index in [-0.39, 0.29) is 6.03 Å². The van der Waals surface area contributed by atoms with Gasteiger partial charge >= 0.3 is 6.03 Å². The molecule has 2 fully saturated rings. The van der Waals surface area contributed by atoms with Crippen LogP contribution in [0.25, 0.3) is 0 Å². The van der Waals surface area contributed by atoms with E-state index in [1.165, 1.54) is 5.56 Å². The SMILES string of the molecule is Cc1ccc(NC(=O)N2C[C@@H]3CC(C)(O)C[C@@H]3C2)cc1. The maximum atomic E-state index is 12.2. The fraction of sp³-hybridized carbons (Fsp3) is 0.562. The van der Waals surface area contributed by atoms with Crippen molar-refractivity contribution in [1.29, 1.82) is 0 Å². The lowest BCUT2D eigenvalue weighted by Crippen LogP contribution is -2.35. The first kappa shape index (κ1) is 13.4. The van der Waals surface area contributed by atoms with Crippen LogP contribution >= 0.6 is 0 Å². The minimum Gasteiger partial charge on any atom is -0.390 e. The third-order valence-corrected chi connectivity index (χ3v) is 4.57. The molecule has 1 aromatic carbocycles. The van der Waals surface area contributed by atoms with Crippen LogP contribution in [0.15, 0.2) is 24.3 Å². The molecule has 20 heavy (non-hydrogen) atoms. The van der Waals surface area contributed by atoms with Crippen molar-refractivity contribution in [1.82, 2.24) is 4.90 Å². The molecule has 1 saturated carbocycles. The number of carbonyl (C=O) groups is 1. The second kappa shape index (κ2) is 4.77. The molecule has 3 atom stereocenters. The zero-order chi connectivity index (χ0) is 14.3. The first-order chi connectivity index (χ1) is 9.43. The number of rotatable bonds is 1. The number of anilines is 1. The Morgan fingerprint density at radius 2 is 1.80 bits per heavy atom. The van der Waals surface area contributed by atoms with Gasteiger partial charge in [0, 0.05) is 18.8 Å². The van der Waals surface area contributed by atoms with Crippen molar-refractivity contribution in [3.05, 3.63) is 29.8 Å². The lowest BCUT2D eigenvalue weighted by Gasteiger charge is -2.22. The molecule has 1 saturated heterocycles. The molecule has 1 aromatic rings. The van der Waals surface area contributed by atoms with E-state index in [1.54, 1.807) is 0 Å². The first-order valence-corrected chi connectivity index (χ1v) is 7.28. The van der Waals surface area contributed by atoms with E-state index in [0.29, 0.717) is 11.8 Å². The van der Waals surface area contributed by atoms with Crippen molar-refractivity contribution < 1.29 is 9.90 Å². The van der Waals surface area contributed by atoms with Crippen LogP contribution in [0.5, 0.6) is 0 Å². The van der Waals surface area contributed by atoms with Gasteiger partial charge in [-0.1, -0.05) is 17.7 Å². The number of nitrogens with one attached hydrogen (secondary N) is 1. The van der Waals surface area contributed by atoms with Crippen LogP contribution in [-0.4, -0.2) is 34.7 Å². The maximum Gasteiger partial charge on any atom is 0.321 e. The number of aliphatic hydroxyl groups is 1. The van der Waals surface area contributed by atoms with E-state index in [2.05, 4.69) is 5.32 Å². The third kappa shape index (κ3) is 2.66. The summed E-state index contributed by atoms with van der Waals surface area (Å²) in [4.78, 5) is 14.1. The molecular weight excluding hydrogens is 252 g/mol. The van der Waals surface area contributed by atoms with Gasteiger partial charge in [0.15, 0.2) is 0 Å². The van der Waals surface area contributed by atoms with Gasteiger partial charge in [0.1, 0.15) is 0 Å². The summed E-state index contributed by atoms with van der Waals surface area (Å²) in [5.74, 6) is 0.905. The normalized spacial score (nSPS) is 32.2. The summed E-state index contributed by atoms with van der Waals surface area (Å²) in [5.41, 5.74) is 1.49. The lowest BCUT2D eigenvalue weighted by molar-refractivity contribution is 0.0559. The highest BCUT2D eigenvalue weighted by Gasteiger charge is 2.46. The van der Waals surface area contributed by atoms with Crippen molar-refractivity contribution in [2.24, 2.45) is 11.8 Å². The minimum atomic E-state index is -0.533. The van der Waals surface area contributed by atoms with Gasteiger partial charge < -0.3 is 15.3 Å². The summed E-state index contributed by atoms with van der Waals surface area (Å²) in [6, 6.07) is 7.81. The number of likely N-dealkylation sites (tertiary alicyclic amines) is 1. The molecule has 2 aliphatic rings. The highest BCUT2D eigenvalue weighted by Crippen LogP contribution is 2.43.